The number of nitrogens with zero attached hydrogens (tertiary/aromatic N) is 1. The van der Waals surface area contributed by atoms with Gasteiger partial charge in [-0.05, 0) is 42.9 Å². The minimum atomic E-state index is 0.236. The Morgan fingerprint density at radius 1 is 1.45 bits per heavy atom. The molecular formula is C16H23ClN2O. The molecule has 1 unspecified atom stereocenters. The van der Waals surface area contributed by atoms with Gasteiger partial charge in [-0.2, -0.15) is 0 Å². The summed E-state index contributed by atoms with van der Waals surface area (Å²) in [6.45, 7) is 4.86. The van der Waals surface area contributed by atoms with E-state index < -0.39 is 0 Å². The molecule has 3 nitrogen and oxygen atoms in total. The summed E-state index contributed by atoms with van der Waals surface area (Å²) in [5, 5.41) is 0.674. The van der Waals surface area contributed by atoms with Crippen molar-refractivity contribution >= 4 is 23.2 Å². The molecule has 0 saturated heterocycles. The summed E-state index contributed by atoms with van der Waals surface area (Å²) >= 11 is 6.34. The Kier molecular flexibility index (Phi) is 4.92. The highest BCUT2D eigenvalue weighted by atomic mass is 35.5. The van der Waals surface area contributed by atoms with E-state index in [4.69, 9.17) is 17.3 Å². The Hall–Kier alpha value is -1.22. The molecule has 110 valence electrons. The molecule has 0 aromatic heterocycles. The molecule has 0 radical (unpaired) electrons. The van der Waals surface area contributed by atoms with E-state index in [1.165, 1.54) is 5.56 Å². The zero-order chi connectivity index (χ0) is 14.7. The molecule has 1 aliphatic rings. The Morgan fingerprint density at radius 3 is 2.85 bits per heavy atom. The van der Waals surface area contributed by atoms with Crippen LogP contribution in [0.3, 0.4) is 0 Å². The number of halogens is 1. The largest absolute Gasteiger partial charge is 0.398 e. The molecule has 2 rings (SSSR count). The molecule has 0 spiro atoms. The maximum absolute atomic E-state index is 12.1. The number of hydrogen-bond acceptors (Lipinski definition) is 2. The highest BCUT2D eigenvalue weighted by Gasteiger charge is 2.28. The number of anilines is 1. The first-order valence-corrected chi connectivity index (χ1v) is 7.81. The summed E-state index contributed by atoms with van der Waals surface area (Å²) in [6.07, 6.45) is 4.36. The predicted octanol–water partition coefficient (Wildman–Crippen LogP) is 3.43. The smallest absolute Gasteiger partial charge is 0.222 e. The molecule has 0 fully saturated rings. The SMILES string of the molecule is CCCN(C(=O)CC)C1CCc2ccc(N)c(Cl)c2C1. The fourth-order valence-corrected chi connectivity index (χ4v) is 3.28. The van der Waals surface area contributed by atoms with Gasteiger partial charge in [0.15, 0.2) is 0 Å². The average molecular weight is 295 g/mol. The van der Waals surface area contributed by atoms with E-state index in [9.17, 15) is 4.79 Å². The molecule has 0 saturated carbocycles. The van der Waals surface area contributed by atoms with Crippen LogP contribution in [0.4, 0.5) is 5.69 Å². The Balaban J connectivity index is 2.24. The van der Waals surface area contributed by atoms with Crippen LogP contribution in [-0.2, 0) is 17.6 Å². The number of rotatable bonds is 4. The van der Waals surface area contributed by atoms with Crippen molar-refractivity contribution < 1.29 is 4.79 Å². The lowest BCUT2D eigenvalue weighted by Crippen LogP contribution is -2.43. The fourth-order valence-electron chi connectivity index (χ4n) is 3.01. The van der Waals surface area contributed by atoms with Gasteiger partial charge >= 0.3 is 0 Å². The minimum absolute atomic E-state index is 0.236. The number of carbonyl (C=O) groups is 1. The van der Waals surface area contributed by atoms with E-state index in [0.717, 1.165) is 37.8 Å². The van der Waals surface area contributed by atoms with Crippen LogP contribution in [0, 0.1) is 0 Å². The number of fused-ring (bicyclic) bond motifs is 1. The third kappa shape index (κ3) is 2.93. The number of carbonyl (C=O) groups excluding carboxylic acids is 1. The zero-order valence-electron chi connectivity index (χ0n) is 12.3. The molecule has 20 heavy (non-hydrogen) atoms. The van der Waals surface area contributed by atoms with E-state index in [1.807, 2.05) is 17.9 Å². The van der Waals surface area contributed by atoms with Crippen LogP contribution >= 0.6 is 11.6 Å². The second kappa shape index (κ2) is 6.49. The van der Waals surface area contributed by atoms with Gasteiger partial charge in [0.25, 0.3) is 0 Å². The summed E-state index contributed by atoms with van der Waals surface area (Å²) in [7, 11) is 0. The third-order valence-corrected chi connectivity index (χ3v) is 4.53. The number of hydrogen-bond donors (Lipinski definition) is 1. The third-order valence-electron chi connectivity index (χ3n) is 4.08. The van der Waals surface area contributed by atoms with E-state index in [2.05, 4.69) is 13.0 Å². The van der Waals surface area contributed by atoms with Crippen molar-refractivity contribution in [1.82, 2.24) is 4.90 Å². The number of nitrogen functional groups attached to an aromatic ring is 1. The van der Waals surface area contributed by atoms with Gasteiger partial charge in [-0.25, -0.2) is 0 Å². The highest BCUT2D eigenvalue weighted by Crippen LogP contribution is 2.33. The monoisotopic (exact) mass is 294 g/mol. The molecule has 0 aliphatic heterocycles. The van der Waals surface area contributed by atoms with Crippen molar-refractivity contribution in [3.05, 3.63) is 28.3 Å². The molecule has 2 N–H and O–H groups in total. The minimum Gasteiger partial charge on any atom is -0.398 e. The van der Waals surface area contributed by atoms with Crippen LogP contribution in [0.15, 0.2) is 12.1 Å². The highest BCUT2D eigenvalue weighted by molar-refractivity contribution is 6.34. The van der Waals surface area contributed by atoms with Crippen LogP contribution in [0.5, 0.6) is 0 Å². The van der Waals surface area contributed by atoms with Gasteiger partial charge < -0.3 is 10.6 Å². The van der Waals surface area contributed by atoms with E-state index >= 15 is 0 Å². The fraction of sp³-hybridized carbons (Fsp3) is 0.562. The van der Waals surface area contributed by atoms with Crippen molar-refractivity contribution in [2.24, 2.45) is 0 Å². The molecule has 1 aromatic rings. The lowest BCUT2D eigenvalue weighted by molar-refractivity contribution is -0.133. The zero-order valence-corrected chi connectivity index (χ0v) is 13.0. The predicted molar refractivity (Wildman–Crippen MR) is 84.0 cm³/mol. The van der Waals surface area contributed by atoms with Gasteiger partial charge in [-0.15, -0.1) is 0 Å². The van der Waals surface area contributed by atoms with Crippen LogP contribution in [0.25, 0.3) is 0 Å². The van der Waals surface area contributed by atoms with Crippen LogP contribution in [-0.4, -0.2) is 23.4 Å². The normalized spacial score (nSPS) is 17.6. The average Bonchev–Trinajstić information content (AvgIpc) is 2.47. The number of amides is 1. The maximum Gasteiger partial charge on any atom is 0.222 e. The Bertz CT molecular complexity index is 501. The summed E-state index contributed by atoms with van der Waals surface area (Å²) in [5.41, 5.74) is 8.94. The van der Waals surface area contributed by atoms with Crippen LogP contribution < -0.4 is 5.73 Å². The topological polar surface area (TPSA) is 46.3 Å². The van der Waals surface area contributed by atoms with Crippen molar-refractivity contribution in [2.45, 2.75) is 52.0 Å². The Morgan fingerprint density at radius 2 is 2.20 bits per heavy atom. The number of benzene rings is 1. The number of aryl methyl sites for hydroxylation is 1. The van der Waals surface area contributed by atoms with Gasteiger partial charge in [0, 0.05) is 19.0 Å². The molecule has 4 heteroatoms. The van der Waals surface area contributed by atoms with Gasteiger partial charge in [0.2, 0.25) is 5.91 Å². The van der Waals surface area contributed by atoms with Crippen LogP contribution in [0.2, 0.25) is 5.02 Å². The van der Waals surface area contributed by atoms with Crippen molar-refractivity contribution in [1.29, 1.82) is 0 Å². The maximum atomic E-state index is 12.1. The van der Waals surface area contributed by atoms with Gasteiger partial charge in [0.1, 0.15) is 0 Å². The molecule has 1 aromatic carbocycles. The standard InChI is InChI=1S/C16H23ClN2O/c1-3-9-19(15(20)4-2)12-7-5-11-6-8-14(18)16(17)13(11)10-12/h6,8,12H,3-5,7,9-10,18H2,1-2H3. The van der Waals surface area contributed by atoms with Crippen LogP contribution in [0.1, 0.15) is 44.2 Å². The molecule has 1 amide bonds. The molecule has 0 heterocycles. The molecule has 1 atom stereocenters. The van der Waals surface area contributed by atoms with Crippen molar-refractivity contribution in [2.75, 3.05) is 12.3 Å². The first kappa shape index (κ1) is 15.2. The second-order valence-corrected chi connectivity index (χ2v) is 5.82. The number of nitrogens with two attached hydrogens (primary N) is 1. The van der Waals surface area contributed by atoms with E-state index in [-0.39, 0.29) is 11.9 Å². The molecule has 1 aliphatic carbocycles. The summed E-state index contributed by atoms with van der Waals surface area (Å²) in [4.78, 5) is 14.2. The molecule has 0 bridgehead atoms. The first-order chi connectivity index (χ1) is 9.58. The van der Waals surface area contributed by atoms with Gasteiger partial charge in [-0.1, -0.05) is 31.5 Å². The van der Waals surface area contributed by atoms with Gasteiger partial charge in [-0.3, -0.25) is 4.79 Å². The van der Waals surface area contributed by atoms with Crippen molar-refractivity contribution in [3.63, 3.8) is 0 Å². The Labute approximate surface area is 126 Å². The lowest BCUT2D eigenvalue weighted by Gasteiger charge is -2.35. The summed E-state index contributed by atoms with van der Waals surface area (Å²) in [6, 6.07) is 4.20. The first-order valence-electron chi connectivity index (χ1n) is 7.43. The van der Waals surface area contributed by atoms with E-state index in [1.54, 1.807) is 0 Å². The second-order valence-electron chi connectivity index (χ2n) is 5.44. The lowest BCUT2D eigenvalue weighted by atomic mass is 9.86. The summed E-state index contributed by atoms with van der Waals surface area (Å²) < 4.78 is 0. The van der Waals surface area contributed by atoms with Crippen molar-refractivity contribution in [3.8, 4) is 0 Å². The quantitative estimate of drug-likeness (QED) is 0.865. The summed E-state index contributed by atoms with van der Waals surface area (Å²) in [5.74, 6) is 0.236. The molecular weight excluding hydrogens is 272 g/mol. The van der Waals surface area contributed by atoms with E-state index in [0.29, 0.717) is 17.1 Å². The van der Waals surface area contributed by atoms with Gasteiger partial charge in [0.05, 0.1) is 10.7 Å².